The molecule has 2 aliphatic rings. The smallest absolute Gasteiger partial charge is 0.275 e. The number of thiophene rings is 1. The molecule has 8 heteroatoms. The number of halogens is 1. The third-order valence-corrected chi connectivity index (χ3v) is 7.41. The maximum atomic E-state index is 13.3. The Morgan fingerprint density at radius 2 is 2.06 bits per heavy atom. The van der Waals surface area contributed by atoms with E-state index in [1.807, 2.05) is 24.3 Å². The minimum Gasteiger partial charge on any atom is -0.493 e. The van der Waals surface area contributed by atoms with Gasteiger partial charge in [0.15, 0.2) is 11.5 Å². The monoisotopic (exact) mass is 467 g/mol. The van der Waals surface area contributed by atoms with E-state index >= 15 is 0 Å². The van der Waals surface area contributed by atoms with Crippen LogP contribution in [-0.4, -0.2) is 47.8 Å². The molecule has 6 nitrogen and oxygen atoms in total. The summed E-state index contributed by atoms with van der Waals surface area (Å²) in [7, 11) is 1.59. The maximum Gasteiger partial charge on any atom is 0.275 e. The molecule has 3 aromatic rings. The molecule has 2 aromatic heterocycles. The van der Waals surface area contributed by atoms with Gasteiger partial charge in [0.05, 0.1) is 18.3 Å². The molecule has 172 valence electrons. The maximum absolute atomic E-state index is 13.3. The van der Waals surface area contributed by atoms with Gasteiger partial charge in [-0.3, -0.25) is 14.3 Å². The summed E-state index contributed by atoms with van der Waals surface area (Å²) < 4.78 is 26.9. The first-order valence-electron chi connectivity index (χ1n) is 11.2. The number of benzene rings is 1. The molecular formula is C25H26FN3O3S. The summed E-state index contributed by atoms with van der Waals surface area (Å²) in [5, 5.41) is 0. The van der Waals surface area contributed by atoms with Gasteiger partial charge in [0, 0.05) is 23.4 Å². The number of ether oxygens (including phenoxy) is 2. The van der Waals surface area contributed by atoms with Crippen molar-refractivity contribution < 1.29 is 13.9 Å². The van der Waals surface area contributed by atoms with Crippen LogP contribution in [0.4, 0.5) is 4.39 Å². The number of rotatable bonds is 7. The van der Waals surface area contributed by atoms with E-state index in [0.717, 1.165) is 24.5 Å². The van der Waals surface area contributed by atoms with Gasteiger partial charge in [0.2, 0.25) is 0 Å². The molecular weight excluding hydrogens is 441 g/mol. The molecule has 33 heavy (non-hydrogen) atoms. The van der Waals surface area contributed by atoms with Crippen LogP contribution in [0.5, 0.6) is 11.5 Å². The van der Waals surface area contributed by atoms with Crippen LogP contribution in [0.15, 0.2) is 59.4 Å². The molecule has 1 aromatic carbocycles. The largest absolute Gasteiger partial charge is 0.493 e. The van der Waals surface area contributed by atoms with Crippen molar-refractivity contribution in [2.75, 3.05) is 33.4 Å². The molecule has 0 saturated carbocycles. The summed E-state index contributed by atoms with van der Waals surface area (Å²) >= 11 is 1.42. The molecule has 0 radical (unpaired) electrons. The van der Waals surface area contributed by atoms with Gasteiger partial charge in [-0.1, -0.05) is 6.08 Å². The average Bonchev–Trinajstić information content (AvgIpc) is 3.51. The van der Waals surface area contributed by atoms with Crippen LogP contribution in [0.25, 0.3) is 15.9 Å². The molecule has 1 aliphatic carbocycles. The average molecular weight is 468 g/mol. The molecule has 1 fully saturated rings. The summed E-state index contributed by atoms with van der Waals surface area (Å²) in [6.45, 7) is 3.75. The second kappa shape index (κ2) is 9.49. The predicted octanol–water partition coefficient (Wildman–Crippen LogP) is 4.83. The topological polar surface area (TPSA) is 56.6 Å². The van der Waals surface area contributed by atoms with E-state index in [-0.39, 0.29) is 17.3 Å². The lowest BCUT2D eigenvalue weighted by Gasteiger charge is -2.17. The van der Waals surface area contributed by atoms with Gasteiger partial charge in [-0.25, -0.2) is 9.37 Å². The van der Waals surface area contributed by atoms with Crippen LogP contribution in [0.3, 0.4) is 0 Å². The quantitative estimate of drug-likeness (QED) is 0.498. The Hall–Kier alpha value is -2.97. The van der Waals surface area contributed by atoms with Gasteiger partial charge < -0.3 is 9.47 Å². The zero-order valence-electron chi connectivity index (χ0n) is 18.5. The fourth-order valence-electron chi connectivity index (χ4n) is 4.32. The number of aromatic nitrogens is 2. The number of nitrogens with zero attached hydrogens (tertiary/aromatic N) is 3. The second-order valence-corrected chi connectivity index (χ2v) is 9.39. The highest BCUT2D eigenvalue weighted by atomic mass is 32.1. The van der Waals surface area contributed by atoms with Crippen LogP contribution < -0.4 is 15.0 Å². The number of hydrogen-bond acceptors (Lipinski definition) is 6. The van der Waals surface area contributed by atoms with Crippen molar-refractivity contribution >= 4 is 21.6 Å². The third kappa shape index (κ3) is 4.58. The SMILES string of the molecule is COc1cc(-n2cnc3cc(C4C=CC(F)=CC4)sc3c2=O)ccc1OCCN1CCCC1. The summed E-state index contributed by atoms with van der Waals surface area (Å²) in [4.78, 5) is 21.2. The first-order chi connectivity index (χ1) is 16.1. The molecule has 1 aliphatic heterocycles. The number of methoxy groups -OCH3 is 1. The Bertz CT molecular complexity index is 1270. The summed E-state index contributed by atoms with van der Waals surface area (Å²) in [6, 6.07) is 7.40. The van der Waals surface area contributed by atoms with Crippen LogP contribution >= 0.6 is 11.3 Å². The van der Waals surface area contributed by atoms with Crippen molar-refractivity contribution in [2.45, 2.75) is 25.2 Å². The Morgan fingerprint density at radius 3 is 2.82 bits per heavy atom. The lowest BCUT2D eigenvalue weighted by molar-refractivity contribution is 0.230. The highest BCUT2D eigenvalue weighted by Crippen LogP contribution is 2.34. The molecule has 1 unspecified atom stereocenters. The predicted molar refractivity (Wildman–Crippen MR) is 129 cm³/mol. The summed E-state index contributed by atoms with van der Waals surface area (Å²) in [6.07, 6.45) is 9.52. The Kier molecular flexibility index (Phi) is 6.28. The van der Waals surface area contributed by atoms with Crippen molar-refractivity contribution in [3.63, 3.8) is 0 Å². The standard InChI is InChI=1S/C25H26FN3O3S/c1-31-22-14-19(8-9-21(22)32-13-12-28-10-2-3-11-28)29-16-27-20-15-23(33-24(20)25(29)30)17-4-6-18(26)7-5-17/h4,6-9,14-17H,2-3,5,10-13H2,1H3. The Morgan fingerprint density at radius 1 is 1.21 bits per heavy atom. The number of likely N-dealkylation sites (tertiary alicyclic amines) is 1. The molecule has 0 bridgehead atoms. The number of allylic oxidation sites excluding steroid dienone is 4. The van der Waals surface area contributed by atoms with E-state index < -0.39 is 0 Å². The van der Waals surface area contributed by atoms with E-state index in [4.69, 9.17) is 9.47 Å². The van der Waals surface area contributed by atoms with Gasteiger partial charge in [0.1, 0.15) is 23.5 Å². The number of fused-ring (bicyclic) bond motifs is 1. The fourth-order valence-corrected chi connectivity index (χ4v) is 5.45. The normalized spacial score (nSPS) is 18.6. The highest BCUT2D eigenvalue weighted by Gasteiger charge is 2.18. The number of hydrogen-bond donors (Lipinski definition) is 0. The molecule has 0 spiro atoms. The fraction of sp³-hybridized carbons (Fsp3) is 0.360. The van der Waals surface area contributed by atoms with Gasteiger partial charge in [-0.05, 0) is 62.7 Å². The molecule has 0 amide bonds. The highest BCUT2D eigenvalue weighted by molar-refractivity contribution is 7.19. The van der Waals surface area contributed by atoms with Crippen molar-refractivity contribution in [3.05, 3.63) is 69.9 Å². The molecule has 1 saturated heterocycles. The van der Waals surface area contributed by atoms with Crippen molar-refractivity contribution in [1.29, 1.82) is 0 Å². The zero-order chi connectivity index (χ0) is 22.8. The van der Waals surface area contributed by atoms with E-state index in [0.29, 0.717) is 40.4 Å². The van der Waals surface area contributed by atoms with Crippen LogP contribution in [0, 0.1) is 0 Å². The lowest BCUT2D eigenvalue weighted by Crippen LogP contribution is -2.25. The molecule has 3 heterocycles. The molecule has 1 atom stereocenters. The van der Waals surface area contributed by atoms with Gasteiger partial charge >= 0.3 is 0 Å². The van der Waals surface area contributed by atoms with Crippen LogP contribution in [0.2, 0.25) is 0 Å². The summed E-state index contributed by atoms with van der Waals surface area (Å²) in [5.74, 6) is 1.08. The van der Waals surface area contributed by atoms with Gasteiger partial charge in [-0.15, -0.1) is 11.3 Å². The minimum absolute atomic E-state index is 0.0636. The van der Waals surface area contributed by atoms with Crippen molar-refractivity contribution in [2.24, 2.45) is 0 Å². The Labute approximate surface area is 195 Å². The molecule has 0 N–H and O–H groups in total. The second-order valence-electron chi connectivity index (χ2n) is 8.31. The van der Waals surface area contributed by atoms with Crippen molar-refractivity contribution in [1.82, 2.24) is 14.5 Å². The van der Waals surface area contributed by atoms with Crippen molar-refractivity contribution in [3.8, 4) is 17.2 Å². The third-order valence-electron chi connectivity index (χ3n) is 6.17. The van der Waals surface area contributed by atoms with E-state index in [1.54, 1.807) is 25.6 Å². The summed E-state index contributed by atoms with van der Waals surface area (Å²) in [5.41, 5.74) is 1.19. The zero-order valence-corrected chi connectivity index (χ0v) is 19.3. The van der Waals surface area contributed by atoms with Gasteiger partial charge in [0.25, 0.3) is 5.56 Å². The first kappa shape index (κ1) is 21.9. The molecule has 5 rings (SSSR count). The minimum atomic E-state index is -0.217. The lowest BCUT2D eigenvalue weighted by atomic mass is 9.99. The Balaban J connectivity index is 1.38. The van der Waals surface area contributed by atoms with E-state index in [2.05, 4.69) is 9.88 Å². The first-order valence-corrected chi connectivity index (χ1v) is 12.0. The van der Waals surface area contributed by atoms with Gasteiger partial charge in [-0.2, -0.15) is 0 Å². The van der Waals surface area contributed by atoms with Crippen LogP contribution in [-0.2, 0) is 0 Å². The van der Waals surface area contributed by atoms with Crippen LogP contribution in [0.1, 0.15) is 30.1 Å². The van der Waals surface area contributed by atoms with E-state index in [9.17, 15) is 9.18 Å². The van der Waals surface area contributed by atoms with E-state index in [1.165, 1.54) is 34.8 Å².